The molecule has 0 spiro atoms. The molecule has 1 amide bonds. The molecule has 4 nitrogen and oxygen atoms in total. The summed E-state index contributed by atoms with van der Waals surface area (Å²) in [5.41, 5.74) is 2.43. The van der Waals surface area contributed by atoms with Gasteiger partial charge in [-0.2, -0.15) is 0 Å². The number of aliphatic hydroxyl groups excluding tert-OH is 1. The molecule has 98 valence electrons. The van der Waals surface area contributed by atoms with Crippen molar-refractivity contribution in [1.29, 1.82) is 0 Å². The second-order valence-corrected chi connectivity index (χ2v) is 4.91. The second-order valence-electron chi connectivity index (χ2n) is 4.91. The van der Waals surface area contributed by atoms with Gasteiger partial charge in [0.05, 0.1) is 19.2 Å². The Bertz CT molecular complexity index is 432. The van der Waals surface area contributed by atoms with Gasteiger partial charge in [0.2, 0.25) is 5.91 Å². The molecule has 1 aromatic carbocycles. The first-order chi connectivity index (χ1) is 8.63. The van der Waals surface area contributed by atoms with E-state index in [4.69, 9.17) is 0 Å². The maximum Gasteiger partial charge on any atom is 0.236 e. The first-order valence-corrected chi connectivity index (χ1v) is 6.26. The molecule has 1 aliphatic heterocycles. The lowest BCUT2D eigenvalue weighted by atomic mass is 9.93. The van der Waals surface area contributed by atoms with Crippen LogP contribution < -0.4 is 0 Å². The number of likely N-dealkylation sites (N-methyl/N-ethyl adjacent to an activating group) is 1. The molecule has 0 aromatic heterocycles. The van der Waals surface area contributed by atoms with Crippen molar-refractivity contribution < 1.29 is 9.90 Å². The van der Waals surface area contributed by atoms with Crippen LogP contribution in [0.5, 0.6) is 0 Å². The predicted octanol–water partition coefficient (Wildman–Crippen LogP) is 0.666. The molecule has 1 unspecified atom stereocenters. The predicted molar refractivity (Wildman–Crippen MR) is 70.2 cm³/mol. The lowest BCUT2D eigenvalue weighted by Crippen LogP contribution is -2.43. The number of benzene rings is 1. The third kappa shape index (κ3) is 2.54. The number of hydrogen-bond acceptors (Lipinski definition) is 3. The number of aliphatic hydroxyl groups is 1. The van der Waals surface area contributed by atoms with Crippen LogP contribution in [-0.4, -0.2) is 54.6 Å². The van der Waals surface area contributed by atoms with E-state index in [1.54, 1.807) is 19.0 Å². The molecular formula is C14H20N2O2. The first-order valence-electron chi connectivity index (χ1n) is 6.26. The van der Waals surface area contributed by atoms with Crippen LogP contribution in [0.4, 0.5) is 0 Å². The highest BCUT2D eigenvalue weighted by Gasteiger charge is 2.28. The Morgan fingerprint density at radius 1 is 1.44 bits per heavy atom. The second kappa shape index (κ2) is 5.50. The number of nitrogens with zero attached hydrogens (tertiary/aromatic N) is 2. The average molecular weight is 248 g/mol. The Morgan fingerprint density at radius 3 is 2.83 bits per heavy atom. The van der Waals surface area contributed by atoms with Gasteiger partial charge in [0, 0.05) is 20.6 Å². The molecule has 0 fully saturated rings. The van der Waals surface area contributed by atoms with Crippen LogP contribution >= 0.6 is 0 Å². The smallest absolute Gasteiger partial charge is 0.236 e. The highest BCUT2D eigenvalue weighted by Crippen LogP contribution is 2.28. The number of hydrogen-bond donors (Lipinski definition) is 1. The fourth-order valence-corrected chi connectivity index (χ4v) is 2.42. The van der Waals surface area contributed by atoms with Gasteiger partial charge in [0.25, 0.3) is 0 Å². The summed E-state index contributed by atoms with van der Waals surface area (Å²) in [6, 6.07) is 8.09. The Hall–Kier alpha value is -1.39. The minimum atomic E-state index is -0.0566. The number of carbonyl (C=O) groups is 1. The van der Waals surface area contributed by atoms with E-state index in [9.17, 15) is 9.90 Å². The normalized spacial score (nSPS) is 19.4. The van der Waals surface area contributed by atoms with E-state index in [1.807, 2.05) is 18.2 Å². The van der Waals surface area contributed by atoms with Crippen molar-refractivity contribution in [3.05, 3.63) is 35.4 Å². The first kappa shape index (κ1) is 13.1. The number of carbonyl (C=O) groups excluding carboxylic acids is 1. The largest absolute Gasteiger partial charge is 0.394 e. The monoisotopic (exact) mass is 248 g/mol. The van der Waals surface area contributed by atoms with E-state index in [0.717, 1.165) is 18.5 Å². The van der Waals surface area contributed by atoms with E-state index >= 15 is 0 Å². The van der Waals surface area contributed by atoms with Gasteiger partial charge < -0.3 is 10.0 Å². The molecule has 1 atom stereocenters. The van der Waals surface area contributed by atoms with Crippen LogP contribution in [-0.2, 0) is 11.2 Å². The fourth-order valence-electron chi connectivity index (χ4n) is 2.42. The zero-order chi connectivity index (χ0) is 13.1. The van der Waals surface area contributed by atoms with Gasteiger partial charge in [-0.3, -0.25) is 9.69 Å². The summed E-state index contributed by atoms with van der Waals surface area (Å²) in [5, 5.41) is 9.59. The van der Waals surface area contributed by atoms with Gasteiger partial charge in [-0.25, -0.2) is 0 Å². The molecule has 1 N–H and O–H groups in total. The Kier molecular flexibility index (Phi) is 3.99. The van der Waals surface area contributed by atoms with Crippen LogP contribution in [0, 0.1) is 0 Å². The Labute approximate surface area is 108 Å². The summed E-state index contributed by atoms with van der Waals surface area (Å²) in [6.45, 7) is 1.24. The van der Waals surface area contributed by atoms with Crippen molar-refractivity contribution in [1.82, 2.24) is 9.80 Å². The van der Waals surface area contributed by atoms with E-state index in [-0.39, 0.29) is 18.6 Å². The number of amides is 1. The fraction of sp³-hybridized carbons (Fsp3) is 0.500. The minimum absolute atomic E-state index is 0.0533. The molecule has 0 saturated heterocycles. The number of fused-ring (bicyclic) bond motifs is 1. The summed E-state index contributed by atoms with van der Waals surface area (Å²) < 4.78 is 0. The zero-order valence-electron chi connectivity index (χ0n) is 11.0. The van der Waals surface area contributed by atoms with Crippen molar-refractivity contribution in [2.24, 2.45) is 0 Å². The third-order valence-electron chi connectivity index (χ3n) is 3.53. The molecule has 1 heterocycles. The van der Waals surface area contributed by atoms with Crippen molar-refractivity contribution >= 4 is 5.91 Å². The average Bonchev–Trinajstić information content (AvgIpc) is 2.38. The van der Waals surface area contributed by atoms with Crippen molar-refractivity contribution in [3.63, 3.8) is 0 Å². The standard InChI is InChI=1S/C14H20N2O2/c1-15(2)14(18)9-16-8-7-11-5-3-4-6-12(11)13(16)10-17/h3-6,13,17H,7-10H2,1-2H3. The molecule has 0 radical (unpaired) electrons. The topological polar surface area (TPSA) is 43.8 Å². The summed E-state index contributed by atoms with van der Waals surface area (Å²) in [5.74, 6) is 0.0767. The van der Waals surface area contributed by atoms with Crippen LogP contribution in [0.3, 0.4) is 0 Å². The summed E-state index contributed by atoms with van der Waals surface area (Å²) in [4.78, 5) is 15.4. The van der Waals surface area contributed by atoms with Crippen LogP contribution in [0.2, 0.25) is 0 Å². The molecule has 1 aliphatic rings. The van der Waals surface area contributed by atoms with Crippen LogP contribution in [0.1, 0.15) is 17.2 Å². The third-order valence-corrected chi connectivity index (χ3v) is 3.53. The van der Waals surface area contributed by atoms with Crippen LogP contribution in [0.15, 0.2) is 24.3 Å². The molecule has 2 rings (SSSR count). The van der Waals surface area contributed by atoms with E-state index in [2.05, 4.69) is 11.0 Å². The van der Waals surface area contributed by atoms with E-state index in [1.165, 1.54) is 5.56 Å². The minimum Gasteiger partial charge on any atom is -0.394 e. The lowest BCUT2D eigenvalue weighted by molar-refractivity contribution is -0.130. The molecule has 18 heavy (non-hydrogen) atoms. The molecule has 0 bridgehead atoms. The van der Waals surface area contributed by atoms with Gasteiger partial charge in [0.15, 0.2) is 0 Å². The highest BCUT2D eigenvalue weighted by molar-refractivity contribution is 5.77. The lowest BCUT2D eigenvalue weighted by Gasteiger charge is -2.36. The van der Waals surface area contributed by atoms with Gasteiger partial charge in [-0.15, -0.1) is 0 Å². The molecular weight excluding hydrogens is 228 g/mol. The summed E-state index contributed by atoms with van der Waals surface area (Å²) in [7, 11) is 3.52. The van der Waals surface area contributed by atoms with Crippen molar-refractivity contribution in [3.8, 4) is 0 Å². The molecule has 0 saturated carbocycles. The SMILES string of the molecule is CN(C)C(=O)CN1CCc2ccccc2C1CO. The number of rotatable bonds is 3. The van der Waals surface area contributed by atoms with Crippen molar-refractivity contribution in [2.45, 2.75) is 12.5 Å². The van der Waals surface area contributed by atoms with E-state index in [0.29, 0.717) is 6.54 Å². The van der Waals surface area contributed by atoms with Gasteiger partial charge in [-0.05, 0) is 17.5 Å². The maximum absolute atomic E-state index is 11.8. The van der Waals surface area contributed by atoms with Gasteiger partial charge >= 0.3 is 0 Å². The summed E-state index contributed by atoms with van der Waals surface area (Å²) in [6.07, 6.45) is 0.938. The van der Waals surface area contributed by atoms with Gasteiger partial charge in [-0.1, -0.05) is 24.3 Å². The highest BCUT2D eigenvalue weighted by atomic mass is 16.3. The Morgan fingerprint density at radius 2 is 2.17 bits per heavy atom. The van der Waals surface area contributed by atoms with Crippen LogP contribution in [0.25, 0.3) is 0 Å². The molecule has 0 aliphatic carbocycles. The maximum atomic E-state index is 11.8. The Balaban J connectivity index is 2.18. The quantitative estimate of drug-likeness (QED) is 0.855. The molecule has 4 heteroatoms. The summed E-state index contributed by atoms with van der Waals surface area (Å²) >= 11 is 0. The van der Waals surface area contributed by atoms with Gasteiger partial charge in [0.1, 0.15) is 0 Å². The molecule has 1 aromatic rings. The van der Waals surface area contributed by atoms with Crippen molar-refractivity contribution in [2.75, 3.05) is 33.8 Å². The zero-order valence-corrected chi connectivity index (χ0v) is 11.0. The van der Waals surface area contributed by atoms with E-state index < -0.39 is 0 Å².